The number of nitrogens with two attached hydrogens (primary N) is 1. The van der Waals surface area contributed by atoms with Gasteiger partial charge in [0.2, 0.25) is 5.96 Å². The zero-order valence-electron chi connectivity index (χ0n) is 18.5. The van der Waals surface area contributed by atoms with Crippen LogP contribution in [-0.4, -0.2) is 44.5 Å². The number of fused-ring (bicyclic) bond motifs is 1. The van der Waals surface area contributed by atoms with E-state index in [0.717, 1.165) is 48.7 Å². The van der Waals surface area contributed by atoms with Crippen LogP contribution in [-0.2, 0) is 16.9 Å². The lowest BCUT2D eigenvalue weighted by Gasteiger charge is -2.38. The molecular weight excluding hydrogens is 404 g/mol. The summed E-state index contributed by atoms with van der Waals surface area (Å²) in [5, 5.41) is 11.6. The summed E-state index contributed by atoms with van der Waals surface area (Å²) in [7, 11) is 0. The zero-order valence-corrected chi connectivity index (χ0v) is 18.5. The van der Waals surface area contributed by atoms with E-state index in [1.54, 1.807) is 12.5 Å². The van der Waals surface area contributed by atoms with Gasteiger partial charge in [-0.2, -0.15) is 10.1 Å². The van der Waals surface area contributed by atoms with E-state index < -0.39 is 5.79 Å². The topological polar surface area (TPSA) is 107 Å². The van der Waals surface area contributed by atoms with Crippen LogP contribution in [0.25, 0.3) is 5.69 Å². The second-order valence-electron chi connectivity index (χ2n) is 8.84. The predicted octanol–water partition coefficient (Wildman–Crippen LogP) is 2.36. The Labute approximate surface area is 187 Å². The number of nitrogens with one attached hydrogen (secondary N) is 2. The highest BCUT2D eigenvalue weighted by atomic mass is 16.5. The fourth-order valence-corrected chi connectivity index (χ4v) is 4.29. The molecule has 168 valence electrons. The molecule has 9 heteroatoms. The normalized spacial score (nSPS) is 21.2. The van der Waals surface area contributed by atoms with E-state index in [1.165, 1.54) is 0 Å². The van der Waals surface area contributed by atoms with Crippen molar-refractivity contribution in [3.05, 3.63) is 60.3 Å². The summed E-state index contributed by atoms with van der Waals surface area (Å²) in [6.07, 6.45) is 9.82. The van der Waals surface area contributed by atoms with E-state index in [-0.39, 0.29) is 0 Å². The Kier molecular flexibility index (Phi) is 5.44. The molecule has 4 heterocycles. The van der Waals surface area contributed by atoms with Crippen LogP contribution in [0.5, 0.6) is 0 Å². The summed E-state index contributed by atoms with van der Waals surface area (Å²) in [6.45, 7) is 5.82. The quantitative estimate of drug-likeness (QED) is 0.569. The molecule has 1 unspecified atom stereocenters. The van der Waals surface area contributed by atoms with Gasteiger partial charge in [-0.25, -0.2) is 9.67 Å². The van der Waals surface area contributed by atoms with E-state index in [0.29, 0.717) is 24.3 Å². The van der Waals surface area contributed by atoms with Crippen LogP contribution in [0.3, 0.4) is 0 Å². The zero-order chi connectivity index (χ0) is 22.1. The summed E-state index contributed by atoms with van der Waals surface area (Å²) in [4.78, 5) is 8.99. The molecule has 2 aliphatic rings. The van der Waals surface area contributed by atoms with E-state index in [9.17, 15) is 0 Å². The van der Waals surface area contributed by atoms with Gasteiger partial charge in [0.05, 0.1) is 12.5 Å². The van der Waals surface area contributed by atoms with Gasteiger partial charge in [0.25, 0.3) is 0 Å². The van der Waals surface area contributed by atoms with Crippen LogP contribution in [0.15, 0.2) is 54.2 Å². The lowest BCUT2D eigenvalue weighted by Crippen LogP contribution is -2.64. The smallest absolute Gasteiger partial charge is 0.201 e. The maximum atomic E-state index is 6.97. The van der Waals surface area contributed by atoms with Gasteiger partial charge in [0.1, 0.15) is 0 Å². The number of hydrogen-bond donors (Lipinski definition) is 3. The minimum atomic E-state index is -0.936. The number of aromatic nitrogens is 4. The van der Waals surface area contributed by atoms with Crippen LogP contribution < -0.4 is 16.4 Å². The summed E-state index contributed by atoms with van der Waals surface area (Å²) < 4.78 is 9.29. The lowest BCUT2D eigenvalue weighted by molar-refractivity contribution is 0.0817. The molecule has 2 aliphatic heterocycles. The minimum absolute atomic E-state index is 0.295. The average Bonchev–Trinajstić information content (AvgIpc) is 3.45. The molecule has 5 rings (SSSR count). The summed E-state index contributed by atoms with van der Waals surface area (Å²) >= 11 is 0. The Morgan fingerprint density at radius 3 is 2.72 bits per heavy atom. The van der Waals surface area contributed by atoms with Gasteiger partial charge in [0.15, 0.2) is 11.6 Å². The standard InChI is InChI=1S/C23H30N8O/c1-16(2)20-14-26-31-21(20)28-22(27-18-7-11-32-12-8-18)29-23(31,24)13-17-3-5-19(6-4-17)30-10-9-25-15-30/h3-6,9-10,14-16,18H,7-8,11-13,24H2,1-2H3,(H2,27,28,29). The SMILES string of the molecule is CC(C)c1cnn2c1N=C(NC1CCOCC1)NC2(N)Cc1ccc(-n2ccnc2)cc1. The van der Waals surface area contributed by atoms with Crippen molar-refractivity contribution in [3.8, 4) is 5.69 Å². The van der Waals surface area contributed by atoms with Crippen molar-refractivity contribution in [2.24, 2.45) is 10.7 Å². The molecule has 0 saturated carbocycles. The van der Waals surface area contributed by atoms with Gasteiger partial charge >= 0.3 is 0 Å². The lowest BCUT2D eigenvalue weighted by atomic mass is 10.0. The van der Waals surface area contributed by atoms with Crippen LogP contribution in [0.4, 0.5) is 5.82 Å². The molecule has 0 spiro atoms. The highest BCUT2D eigenvalue weighted by Gasteiger charge is 2.37. The molecular formula is C23H30N8O. The molecule has 0 bridgehead atoms. The van der Waals surface area contributed by atoms with Crippen molar-refractivity contribution in [2.45, 2.75) is 50.9 Å². The van der Waals surface area contributed by atoms with Crippen molar-refractivity contribution in [1.82, 2.24) is 30.0 Å². The first-order chi connectivity index (χ1) is 15.5. The first-order valence-electron chi connectivity index (χ1n) is 11.2. The highest BCUT2D eigenvalue weighted by Crippen LogP contribution is 2.32. The third kappa shape index (κ3) is 4.01. The fraction of sp³-hybridized carbons (Fsp3) is 0.435. The maximum Gasteiger partial charge on any atom is 0.201 e. The number of guanidine groups is 1. The largest absolute Gasteiger partial charge is 0.381 e. The van der Waals surface area contributed by atoms with Crippen molar-refractivity contribution in [2.75, 3.05) is 13.2 Å². The van der Waals surface area contributed by atoms with E-state index >= 15 is 0 Å². The third-order valence-electron chi connectivity index (χ3n) is 6.10. The Morgan fingerprint density at radius 2 is 2.03 bits per heavy atom. The van der Waals surface area contributed by atoms with Gasteiger partial charge in [-0.05, 0) is 36.5 Å². The van der Waals surface area contributed by atoms with Crippen molar-refractivity contribution in [1.29, 1.82) is 0 Å². The summed E-state index contributed by atoms with van der Waals surface area (Å²) in [5.74, 6) is 0.868. The van der Waals surface area contributed by atoms with Gasteiger partial charge in [-0.15, -0.1) is 0 Å². The average molecular weight is 435 g/mol. The monoisotopic (exact) mass is 434 g/mol. The Hall–Kier alpha value is -3.17. The third-order valence-corrected chi connectivity index (χ3v) is 6.10. The van der Waals surface area contributed by atoms with E-state index in [1.807, 2.05) is 21.6 Å². The van der Waals surface area contributed by atoms with Crippen LogP contribution in [0.1, 0.15) is 43.7 Å². The van der Waals surface area contributed by atoms with Crippen molar-refractivity contribution < 1.29 is 4.74 Å². The number of rotatable bonds is 5. The minimum Gasteiger partial charge on any atom is -0.381 e. The molecule has 4 N–H and O–H groups in total. The fourth-order valence-electron chi connectivity index (χ4n) is 4.29. The number of ether oxygens (including phenoxy) is 1. The van der Waals surface area contributed by atoms with Gasteiger partial charge in [0, 0.05) is 49.3 Å². The van der Waals surface area contributed by atoms with Crippen molar-refractivity contribution >= 4 is 11.8 Å². The molecule has 0 amide bonds. The Balaban J connectivity index is 1.43. The number of nitrogens with zero attached hydrogens (tertiary/aromatic N) is 5. The second kappa shape index (κ2) is 8.40. The van der Waals surface area contributed by atoms with Crippen molar-refractivity contribution in [3.63, 3.8) is 0 Å². The van der Waals surface area contributed by atoms with Gasteiger partial charge < -0.3 is 19.9 Å². The molecule has 9 nitrogen and oxygen atoms in total. The molecule has 2 aromatic heterocycles. The maximum absolute atomic E-state index is 6.97. The molecule has 0 radical (unpaired) electrons. The van der Waals surface area contributed by atoms with Crippen LogP contribution >= 0.6 is 0 Å². The first kappa shape index (κ1) is 20.7. The summed E-state index contributed by atoms with van der Waals surface area (Å²) in [5.41, 5.74) is 10.2. The molecule has 3 aromatic rings. The van der Waals surface area contributed by atoms with E-state index in [2.05, 4.69) is 58.8 Å². The van der Waals surface area contributed by atoms with Gasteiger partial charge in [-0.3, -0.25) is 5.73 Å². The second-order valence-corrected chi connectivity index (χ2v) is 8.84. The number of imidazole rings is 1. The molecule has 1 fully saturated rings. The molecule has 1 atom stereocenters. The van der Waals surface area contributed by atoms with Gasteiger partial charge in [-0.1, -0.05) is 26.0 Å². The highest BCUT2D eigenvalue weighted by molar-refractivity contribution is 5.84. The molecule has 1 saturated heterocycles. The predicted molar refractivity (Wildman–Crippen MR) is 123 cm³/mol. The van der Waals surface area contributed by atoms with E-state index in [4.69, 9.17) is 15.5 Å². The van der Waals surface area contributed by atoms with Crippen LogP contribution in [0.2, 0.25) is 0 Å². The Bertz CT molecular complexity index is 1080. The number of benzene rings is 1. The first-order valence-corrected chi connectivity index (χ1v) is 11.2. The molecule has 0 aliphatic carbocycles. The Morgan fingerprint density at radius 1 is 1.25 bits per heavy atom. The molecule has 32 heavy (non-hydrogen) atoms. The number of hydrogen-bond acceptors (Lipinski definition) is 7. The number of aliphatic imine (C=N–C) groups is 1. The summed E-state index contributed by atoms with van der Waals surface area (Å²) in [6, 6.07) is 8.64. The molecule has 1 aromatic carbocycles. The van der Waals surface area contributed by atoms with Crippen LogP contribution in [0, 0.1) is 0 Å².